The fourth-order valence-electron chi connectivity index (χ4n) is 1.31. The van der Waals surface area contributed by atoms with Crippen molar-refractivity contribution in [1.82, 2.24) is 0 Å². The van der Waals surface area contributed by atoms with Crippen LogP contribution in [0.5, 0.6) is 0 Å². The molecule has 0 atom stereocenters. The molecule has 0 spiro atoms. The SMILES string of the molecule is C[N+](C)(C)CCC(=O)c1ccc(Cl)c(Cl)c1Cl.[I-]. The van der Waals surface area contributed by atoms with Crippen LogP contribution in [0.15, 0.2) is 12.1 Å². The van der Waals surface area contributed by atoms with Crippen molar-refractivity contribution < 1.29 is 33.3 Å². The zero-order chi connectivity index (χ0) is 13.2. The monoisotopic (exact) mass is 421 g/mol. The topological polar surface area (TPSA) is 17.1 Å². The molecule has 1 rings (SSSR count). The second-order valence-corrected chi connectivity index (χ2v) is 6.07. The molecular weight excluding hydrogens is 407 g/mol. The van der Waals surface area contributed by atoms with Crippen molar-refractivity contribution in [3.63, 3.8) is 0 Å². The van der Waals surface area contributed by atoms with Crippen molar-refractivity contribution in [2.75, 3.05) is 27.7 Å². The Hall–Kier alpha value is 0.450. The number of Topliss-reactive ketones (excluding diaryl/α,β-unsaturated/α-hetero) is 1. The number of carbonyl (C=O) groups excluding carboxylic acids is 1. The molecule has 0 fully saturated rings. The van der Waals surface area contributed by atoms with E-state index in [9.17, 15) is 4.79 Å². The summed E-state index contributed by atoms with van der Waals surface area (Å²) in [6, 6.07) is 3.21. The third-order valence-electron chi connectivity index (χ3n) is 2.35. The van der Waals surface area contributed by atoms with Gasteiger partial charge in [-0.2, -0.15) is 0 Å². The smallest absolute Gasteiger partial charge is 0.170 e. The van der Waals surface area contributed by atoms with Gasteiger partial charge < -0.3 is 28.5 Å². The molecule has 0 aliphatic carbocycles. The molecule has 0 bridgehead atoms. The van der Waals surface area contributed by atoms with Crippen LogP contribution in [-0.2, 0) is 0 Å². The highest BCUT2D eigenvalue weighted by molar-refractivity contribution is 6.49. The summed E-state index contributed by atoms with van der Waals surface area (Å²) in [6.45, 7) is 0.745. The summed E-state index contributed by atoms with van der Waals surface area (Å²) in [4.78, 5) is 12.0. The van der Waals surface area contributed by atoms with Crippen molar-refractivity contribution in [2.24, 2.45) is 0 Å². The van der Waals surface area contributed by atoms with Crippen molar-refractivity contribution in [2.45, 2.75) is 6.42 Å². The summed E-state index contributed by atoms with van der Waals surface area (Å²) >= 11 is 17.7. The molecule has 0 radical (unpaired) electrons. The highest BCUT2D eigenvalue weighted by Crippen LogP contribution is 2.33. The molecular formula is C12H15Cl3INO. The van der Waals surface area contributed by atoms with Crippen LogP contribution < -0.4 is 24.0 Å². The number of quaternary nitrogens is 1. The van der Waals surface area contributed by atoms with E-state index in [2.05, 4.69) is 0 Å². The first-order chi connectivity index (χ1) is 7.72. The molecule has 0 aliphatic heterocycles. The fourth-order valence-corrected chi connectivity index (χ4v) is 1.95. The van der Waals surface area contributed by atoms with Crippen LogP contribution in [0.4, 0.5) is 0 Å². The molecule has 102 valence electrons. The lowest BCUT2D eigenvalue weighted by atomic mass is 10.1. The van der Waals surface area contributed by atoms with Crippen LogP contribution in [0.25, 0.3) is 0 Å². The number of ketones is 1. The van der Waals surface area contributed by atoms with E-state index in [4.69, 9.17) is 34.8 Å². The van der Waals surface area contributed by atoms with Gasteiger partial charge in [-0.05, 0) is 12.1 Å². The highest BCUT2D eigenvalue weighted by Gasteiger charge is 2.17. The normalized spacial score (nSPS) is 11.0. The quantitative estimate of drug-likeness (QED) is 0.305. The molecule has 0 aromatic heterocycles. The number of nitrogens with zero attached hydrogens (tertiary/aromatic N) is 1. The molecule has 0 unspecified atom stereocenters. The molecule has 18 heavy (non-hydrogen) atoms. The maximum atomic E-state index is 12.0. The van der Waals surface area contributed by atoms with E-state index in [0.717, 1.165) is 11.0 Å². The third kappa shape index (κ3) is 5.21. The Morgan fingerprint density at radius 2 is 1.67 bits per heavy atom. The van der Waals surface area contributed by atoms with E-state index >= 15 is 0 Å². The van der Waals surface area contributed by atoms with Gasteiger partial charge in [0.25, 0.3) is 0 Å². The van der Waals surface area contributed by atoms with Gasteiger partial charge in [-0.15, -0.1) is 0 Å². The van der Waals surface area contributed by atoms with Gasteiger partial charge in [0.2, 0.25) is 0 Å². The number of benzene rings is 1. The molecule has 1 aromatic carbocycles. The van der Waals surface area contributed by atoms with Gasteiger partial charge in [-0.1, -0.05) is 34.8 Å². The average Bonchev–Trinajstić information content (AvgIpc) is 2.22. The van der Waals surface area contributed by atoms with Gasteiger partial charge in [0.05, 0.1) is 49.2 Å². The maximum absolute atomic E-state index is 12.0. The molecule has 6 heteroatoms. The van der Waals surface area contributed by atoms with Crippen molar-refractivity contribution in [1.29, 1.82) is 0 Å². The van der Waals surface area contributed by atoms with E-state index in [1.807, 2.05) is 21.1 Å². The minimum absolute atomic E-state index is 0. The standard InChI is InChI=1S/C12H15Cl3NO.HI/c1-16(2,3)7-6-10(17)8-4-5-9(13)12(15)11(8)14;/h4-5H,6-7H2,1-3H3;1H/q+1;/p-1. The predicted molar refractivity (Wildman–Crippen MR) is 73.3 cm³/mol. The number of rotatable bonds is 4. The van der Waals surface area contributed by atoms with Gasteiger partial charge >= 0.3 is 0 Å². The van der Waals surface area contributed by atoms with E-state index in [0.29, 0.717) is 17.0 Å². The van der Waals surface area contributed by atoms with E-state index in [-0.39, 0.29) is 39.8 Å². The first-order valence-corrected chi connectivity index (χ1v) is 6.33. The summed E-state index contributed by atoms with van der Waals surface area (Å²) in [6.07, 6.45) is 0.432. The van der Waals surface area contributed by atoms with Crippen LogP contribution in [0.3, 0.4) is 0 Å². The Morgan fingerprint density at radius 3 is 2.17 bits per heavy atom. The van der Waals surface area contributed by atoms with Crippen LogP contribution >= 0.6 is 34.8 Å². The van der Waals surface area contributed by atoms with Crippen LogP contribution in [-0.4, -0.2) is 38.0 Å². The van der Waals surface area contributed by atoms with Gasteiger partial charge in [0, 0.05) is 5.56 Å². The van der Waals surface area contributed by atoms with Gasteiger partial charge in [-0.25, -0.2) is 0 Å². The van der Waals surface area contributed by atoms with Crippen molar-refractivity contribution >= 4 is 40.6 Å². The van der Waals surface area contributed by atoms with Crippen molar-refractivity contribution in [3.05, 3.63) is 32.8 Å². The van der Waals surface area contributed by atoms with Crippen LogP contribution in [0.2, 0.25) is 15.1 Å². The molecule has 0 aliphatic rings. The lowest BCUT2D eigenvalue weighted by molar-refractivity contribution is -0.869. The Kier molecular flexibility index (Phi) is 7.47. The summed E-state index contributed by atoms with van der Waals surface area (Å²) in [7, 11) is 6.09. The zero-order valence-electron chi connectivity index (χ0n) is 10.4. The highest BCUT2D eigenvalue weighted by atomic mass is 127. The Bertz CT molecular complexity index is 444. The van der Waals surface area contributed by atoms with Gasteiger partial charge in [0.1, 0.15) is 0 Å². The first-order valence-electron chi connectivity index (χ1n) is 5.19. The van der Waals surface area contributed by atoms with Crippen LogP contribution in [0.1, 0.15) is 16.8 Å². The Balaban J connectivity index is 0.00000289. The maximum Gasteiger partial charge on any atom is 0.170 e. The number of hydrogen-bond donors (Lipinski definition) is 0. The van der Waals surface area contributed by atoms with Gasteiger partial charge in [-0.3, -0.25) is 4.79 Å². The zero-order valence-corrected chi connectivity index (χ0v) is 14.9. The third-order valence-corrected chi connectivity index (χ3v) is 3.64. The van der Waals surface area contributed by atoms with E-state index in [1.54, 1.807) is 12.1 Å². The minimum atomic E-state index is -0.0124. The fraction of sp³-hybridized carbons (Fsp3) is 0.417. The summed E-state index contributed by atoms with van der Waals surface area (Å²) in [5.41, 5.74) is 0.439. The second kappa shape index (κ2) is 7.29. The lowest BCUT2D eigenvalue weighted by Crippen LogP contribution is -3.00. The largest absolute Gasteiger partial charge is 1.00 e. The summed E-state index contributed by atoms with van der Waals surface area (Å²) < 4.78 is 0.727. The van der Waals surface area contributed by atoms with E-state index < -0.39 is 0 Å². The Morgan fingerprint density at radius 1 is 1.11 bits per heavy atom. The summed E-state index contributed by atoms with van der Waals surface area (Å²) in [5.74, 6) is -0.0124. The molecule has 0 N–H and O–H groups in total. The lowest BCUT2D eigenvalue weighted by Gasteiger charge is -2.23. The molecule has 0 saturated carbocycles. The van der Waals surface area contributed by atoms with Crippen molar-refractivity contribution in [3.8, 4) is 0 Å². The molecule has 2 nitrogen and oxygen atoms in total. The van der Waals surface area contributed by atoms with Crippen LogP contribution in [0, 0.1) is 0 Å². The summed E-state index contributed by atoms with van der Waals surface area (Å²) in [5, 5.41) is 0.842. The molecule has 1 aromatic rings. The number of carbonyl (C=O) groups is 1. The number of hydrogen-bond acceptors (Lipinski definition) is 1. The van der Waals surface area contributed by atoms with Gasteiger partial charge in [0.15, 0.2) is 5.78 Å². The second-order valence-electron chi connectivity index (χ2n) is 4.91. The molecule has 0 saturated heterocycles. The minimum Gasteiger partial charge on any atom is -1.00 e. The Labute approximate surface area is 140 Å². The predicted octanol–water partition coefficient (Wildman–Crippen LogP) is 0.930. The molecule has 0 heterocycles. The average molecular weight is 423 g/mol. The van der Waals surface area contributed by atoms with E-state index in [1.165, 1.54) is 0 Å². The number of halogens is 4. The first kappa shape index (κ1) is 18.4. The molecule has 0 amide bonds.